The third kappa shape index (κ3) is 2.96. The van der Waals surface area contributed by atoms with Gasteiger partial charge in [0.15, 0.2) is 10.9 Å². The molecule has 4 rings (SSSR count). The van der Waals surface area contributed by atoms with Gasteiger partial charge in [-0.2, -0.15) is 0 Å². The number of nitrogens with one attached hydrogen (secondary N) is 1. The molecule has 1 N–H and O–H groups in total. The minimum atomic E-state index is -0.691. The highest BCUT2D eigenvalue weighted by Crippen LogP contribution is 2.43. The Morgan fingerprint density at radius 2 is 1.91 bits per heavy atom. The van der Waals surface area contributed by atoms with Crippen molar-refractivity contribution in [3.8, 4) is 0 Å². The van der Waals surface area contributed by atoms with E-state index in [-0.39, 0.29) is 17.3 Å². The summed E-state index contributed by atoms with van der Waals surface area (Å²) in [5.74, 6) is 0.00933. The third-order valence-corrected chi connectivity index (χ3v) is 6.06. The zero-order valence-corrected chi connectivity index (χ0v) is 13.5. The number of halogens is 2. The number of thiazole rings is 1. The molecule has 2 aliphatic rings. The molecule has 1 aromatic heterocycles. The molecule has 2 bridgehead atoms. The van der Waals surface area contributed by atoms with Crippen molar-refractivity contribution in [3.05, 3.63) is 23.8 Å². The molecule has 1 amide bonds. The van der Waals surface area contributed by atoms with Crippen molar-refractivity contribution in [3.63, 3.8) is 0 Å². The van der Waals surface area contributed by atoms with Crippen LogP contribution >= 0.6 is 11.3 Å². The number of hydrogen-bond acceptors (Lipinski definition) is 3. The number of amides is 1. The number of rotatable bonds is 2. The number of hydrogen-bond donors (Lipinski definition) is 1. The van der Waals surface area contributed by atoms with Crippen molar-refractivity contribution in [1.29, 1.82) is 0 Å². The lowest BCUT2D eigenvalue weighted by molar-refractivity contribution is -0.122. The predicted octanol–water partition coefficient (Wildman–Crippen LogP) is 4.73. The van der Waals surface area contributed by atoms with E-state index >= 15 is 0 Å². The van der Waals surface area contributed by atoms with E-state index in [2.05, 4.69) is 10.3 Å². The van der Waals surface area contributed by atoms with Gasteiger partial charge in [-0.3, -0.25) is 4.79 Å². The van der Waals surface area contributed by atoms with Gasteiger partial charge in [-0.15, -0.1) is 0 Å². The highest BCUT2D eigenvalue weighted by molar-refractivity contribution is 7.22. The maximum Gasteiger partial charge on any atom is 0.229 e. The number of benzene rings is 1. The minimum Gasteiger partial charge on any atom is -0.302 e. The zero-order valence-electron chi connectivity index (χ0n) is 12.6. The molecule has 2 fully saturated rings. The van der Waals surface area contributed by atoms with E-state index in [0.717, 1.165) is 30.2 Å². The normalized spacial score (nSPS) is 27.1. The van der Waals surface area contributed by atoms with Crippen LogP contribution in [0.5, 0.6) is 0 Å². The third-order valence-electron chi connectivity index (χ3n) is 5.14. The average Bonchev–Trinajstić information content (AvgIpc) is 2.89. The molecule has 0 radical (unpaired) electrons. The molecule has 2 atom stereocenters. The van der Waals surface area contributed by atoms with Crippen LogP contribution in [0.1, 0.15) is 38.5 Å². The second-order valence-electron chi connectivity index (χ2n) is 6.81. The largest absolute Gasteiger partial charge is 0.302 e. The van der Waals surface area contributed by atoms with E-state index < -0.39 is 11.6 Å². The van der Waals surface area contributed by atoms with E-state index in [0.29, 0.717) is 21.7 Å². The molecule has 0 aliphatic heterocycles. The van der Waals surface area contributed by atoms with Crippen LogP contribution in [-0.2, 0) is 4.79 Å². The van der Waals surface area contributed by atoms with Crippen LogP contribution in [0, 0.1) is 29.4 Å². The Morgan fingerprint density at radius 3 is 2.65 bits per heavy atom. The summed E-state index contributed by atoms with van der Waals surface area (Å²) in [7, 11) is 0. The highest BCUT2D eigenvalue weighted by Gasteiger charge is 2.35. The minimum absolute atomic E-state index is 0.0210. The number of anilines is 1. The van der Waals surface area contributed by atoms with Crippen LogP contribution in [0.25, 0.3) is 10.2 Å². The molecule has 0 saturated heterocycles. The molecule has 0 spiro atoms. The predicted molar refractivity (Wildman–Crippen MR) is 86.3 cm³/mol. The Labute approximate surface area is 137 Å². The van der Waals surface area contributed by atoms with Crippen molar-refractivity contribution in [2.45, 2.75) is 38.5 Å². The van der Waals surface area contributed by atoms with Crippen LogP contribution < -0.4 is 5.32 Å². The standard InChI is InChI=1S/C17H18F2N2OS/c18-12-7-13(19)15-14(8-12)23-17(20-15)21-16(22)11-5-9-2-1-3-10(4-9)6-11/h7-11H,1-6H2,(H,20,21,22). The highest BCUT2D eigenvalue weighted by atomic mass is 32.1. The first-order chi connectivity index (χ1) is 11.1. The molecule has 23 heavy (non-hydrogen) atoms. The van der Waals surface area contributed by atoms with E-state index in [1.165, 1.54) is 31.7 Å². The second kappa shape index (κ2) is 5.82. The quantitative estimate of drug-likeness (QED) is 0.861. The van der Waals surface area contributed by atoms with Crippen LogP contribution in [0.2, 0.25) is 0 Å². The summed E-state index contributed by atoms with van der Waals surface area (Å²) < 4.78 is 27.4. The first-order valence-corrected chi connectivity index (χ1v) is 8.96. The Morgan fingerprint density at radius 1 is 1.17 bits per heavy atom. The lowest BCUT2D eigenvalue weighted by Gasteiger charge is -2.38. The molecule has 1 heterocycles. The SMILES string of the molecule is O=C(Nc1nc2c(F)cc(F)cc2s1)C1CC2CCCC(C2)C1. The molecule has 6 heteroatoms. The van der Waals surface area contributed by atoms with Crippen LogP contribution in [-0.4, -0.2) is 10.9 Å². The van der Waals surface area contributed by atoms with Gasteiger partial charge in [-0.25, -0.2) is 13.8 Å². The molecule has 2 aromatic rings. The first kappa shape index (κ1) is 15.0. The van der Waals surface area contributed by atoms with E-state index in [9.17, 15) is 13.6 Å². The molecule has 2 saturated carbocycles. The first-order valence-electron chi connectivity index (χ1n) is 8.15. The number of carbonyl (C=O) groups excluding carboxylic acids is 1. The molecule has 2 aliphatic carbocycles. The Kier molecular flexibility index (Phi) is 3.79. The molecule has 2 unspecified atom stereocenters. The smallest absolute Gasteiger partial charge is 0.229 e. The van der Waals surface area contributed by atoms with Gasteiger partial charge in [0.25, 0.3) is 0 Å². The molecular formula is C17H18F2N2OS. The molecule has 122 valence electrons. The Bertz CT molecular complexity index is 748. The average molecular weight is 336 g/mol. The van der Waals surface area contributed by atoms with Crippen molar-refractivity contribution < 1.29 is 13.6 Å². The summed E-state index contributed by atoms with van der Waals surface area (Å²) in [6, 6.07) is 2.06. The second-order valence-corrected chi connectivity index (χ2v) is 7.84. The fraction of sp³-hybridized carbons (Fsp3) is 0.529. The summed E-state index contributed by atoms with van der Waals surface area (Å²) in [6.07, 6.45) is 6.88. The summed E-state index contributed by atoms with van der Waals surface area (Å²) in [5, 5.41) is 3.17. The van der Waals surface area contributed by atoms with E-state index in [1.807, 2.05) is 0 Å². The summed E-state index contributed by atoms with van der Waals surface area (Å²) >= 11 is 1.12. The van der Waals surface area contributed by atoms with Crippen LogP contribution in [0.4, 0.5) is 13.9 Å². The van der Waals surface area contributed by atoms with Gasteiger partial charge in [0, 0.05) is 12.0 Å². The summed E-state index contributed by atoms with van der Waals surface area (Å²) in [6.45, 7) is 0. The lowest BCUT2D eigenvalue weighted by Crippen LogP contribution is -2.33. The Balaban J connectivity index is 1.51. The van der Waals surface area contributed by atoms with E-state index in [1.54, 1.807) is 0 Å². The number of aromatic nitrogens is 1. The van der Waals surface area contributed by atoms with Gasteiger partial charge < -0.3 is 5.32 Å². The lowest BCUT2D eigenvalue weighted by atomic mass is 9.68. The van der Waals surface area contributed by atoms with Gasteiger partial charge in [0.1, 0.15) is 11.3 Å². The van der Waals surface area contributed by atoms with Crippen molar-refractivity contribution in [1.82, 2.24) is 4.98 Å². The molecule has 3 nitrogen and oxygen atoms in total. The summed E-state index contributed by atoms with van der Waals surface area (Å²) in [4.78, 5) is 16.6. The van der Waals surface area contributed by atoms with Gasteiger partial charge in [0.05, 0.1) is 4.70 Å². The zero-order chi connectivity index (χ0) is 16.0. The monoisotopic (exact) mass is 336 g/mol. The fourth-order valence-electron chi connectivity index (χ4n) is 4.16. The topological polar surface area (TPSA) is 42.0 Å². The summed E-state index contributed by atoms with van der Waals surface area (Å²) in [5.41, 5.74) is 0.118. The fourth-order valence-corrected chi connectivity index (χ4v) is 5.07. The van der Waals surface area contributed by atoms with Gasteiger partial charge in [-0.1, -0.05) is 30.6 Å². The number of nitrogens with zero attached hydrogens (tertiary/aromatic N) is 1. The molecule has 1 aromatic carbocycles. The van der Waals surface area contributed by atoms with Gasteiger partial charge in [0.2, 0.25) is 5.91 Å². The van der Waals surface area contributed by atoms with Gasteiger partial charge in [-0.05, 0) is 37.2 Å². The molecular weight excluding hydrogens is 318 g/mol. The van der Waals surface area contributed by atoms with Crippen molar-refractivity contribution >= 4 is 32.6 Å². The maximum atomic E-state index is 13.7. The number of carbonyl (C=O) groups is 1. The van der Waals surface area contributed by atoms with Gasteiger partial charge >= 0.3 is 0 Å². The number of fused-ring (bicyclic) bond motifs is 3. The van der Waals surface area contributed by atoms with Crippen molar-refractivity contribution in [2.24, 2.45) is 17.8 Å². The van der Waals surface area contributed by atoms with Crippen molar-refractivity contribution in [2.75, 3.05) is 5.32 Å². The van der Waals surface area contributed by atoms with E-state index in [4.69, 9.17) is 0 Å². The van der Waals surface area contributed by atoms with Crippen LogP contribution in [0.15, 0.2) is 12.1 Å². The Hall–Kier alpha value is -1.56. The van der Waals surface area contributed by atoms with Crippen LogP contribution in [0.3, 0.4) is 0 Å². The maximum absolute atomic E-state index is 13.7.